The van der Waals surface area contributed by atoms with E-state index < -0.39 is 16.1 Å². The van der Waals surface area contributed by atoms with Crippen molar-refractivity contribution in [2.45, 2.75) is 24.3 Å². The maximum atomic E-state index is 12.0. The molecule has 1 aromatic carbocycles. The van der Waals surface area contributed by atoms with E-state index in [0.717, 1.165) is 0 Å². The lowest BCUT2D eigenvalue weighted by Crippen LogP contribution is -2.32. The lowest BCUT2D eigenvalue weighted by Gasteiger charge is -2.13. The van der Waals surface area contributed by atoms with Crippen LogP contribution in [0.5, 0.6) is 5.75 Å². The van der Waals surface area contributed by atoms with Gasteiger partial charge in [-0.05, 0) is 18.6 Å². The number of aliphatic hydroxyl groups excluding tert-OH is 1. The van der Waals surface area contributed by atoms with Crippen molar-refractivity contribution >= 4 is 15.7 Å². The molecule has 1 unspecified atom stereocenters. The van der Waals surface area contributed by atoms with Gasteiger partial charge in [-0.15, -0.1) is 0 Å². The molecule has 1 rings (SSSR count). The van der Waals surface area contributed by atoms with Gasteiger partial charge >= 0.3 is 0 Å². The second kappa shape index (κ2) is 6.03. The highest BCUT2D eigenvalue weighted by Gasteiger charge is 2.20. The van der Waals surface area contributed by atoms with E-state index in [0.29, 0.717) is 12.1 Å². The zero-order valence-electron chi connectivity index (χ0n) is 10.4. The Hall–Kier alpha value is -1.31. The minimum Gasteiger partial charge on any atom is -0.495 e. The summed E-state index contributed by atoms with van der Waals surface area (Å²) >= 11 is 0. The normalized spacial score (nSPS) is 13.3. The van der Waals surface area contributed by atoms with Gasteiger partial charge in [0, 0.05) is 18.3 Å². The van der Waals surface area contributed by atoms with Crippen LogP contribution in [-0.4, -0.2) is 33.3 Å². The molecule has 6 nitrogen and oxygen atoms in total. The molecule has 0 saturated heterocycles. The Kier molecular flexibility index (Phi) is 4.94. The van der Waals surface area contributed by atoms with E-state index in [1.54, 1.807) is 6.92 Å². The van der Waals surface area contributed by atoms with E-state index in [2.05, 4.69) is 4.72 Å². The molecular formula is C11H18N2O4S. The van der Waals surface area contributed by atoms with Gasteiger partial charge in [0.2, 0.25) is 10.0 Å². The Labute approximate surface area is 107 Å². The van der Waals surface area contributed by atoms with Gasteiger partial charge in [-0.3, -0.25) is 0 Å². The molecule has 0 aliphatic heterocycles. The summed E-state index contributed by atoms with van der Waals surface area (Å²) in [5, 5.41) is 9.36. The summed E-state index contributed by atoms with van der Waals surface area (Å²) in [4.78, 5) is 0.00232. The smallest absolute Gasteiger partial charge is 0.244 e. The van der Waals surface area contributed by atoms with Crippen LogP contribution in [0.3, 0.4) is 0 Å². The van der Waals surface area contributed by atoms with E-state index in [4.69, 9.17) is 10.5 Å². The first kappa shape index (κ1) is 14.7. The topological polar surface area (TPSA) is 102 Å². The third kappa shape index (κ3) is 3.59. The summed E-state index contributed by atoms with van der Waals surface area (Å²) in [6.07, 6.45) is -0.235. The molecule has 0 bridgehead atoms. The predicted molar refractivity (Wildman–Crippen MR) is 68.9 cm³/mol. The van der Waals surface area contributed by atoms with Gasteiger partial charge in [0.1, 0.15) is 10.6 Å². The molecule has 4 N–H and O–H groups in total. The number of methoxy groups -OCH3 is 1. The maximum absolute atomic E-state index is 12.0. The van der Waals surface area contributed by atoms with Gasteiger partial charge in [-0.25, -0.2) is 13.1 Å². The van der Waals surface area contributed by atoms with Gasteiger partial charge in [0.25, 0.3) is 0 Å². The standard InChI is InChI=1S/C11H18N2O4S/c1-3-9(14)7-13-18(15,16)11-5-4-8(12)6-10(11)17-2/h4-6,9,13-14H,3,7,12H2,1-2H3. The number of sulfonamides is 1. The third-order valence-electron chi connectivity index (χ3n) is 2.46. The highest BCUT2D eigenvalue weighted by molar-refractivity contribution is 7.89. The number of benzene rings is 1. The van der Waals surface area contributed by atoms with E-state index in [1.165, 1.54) is 25.3 Å². The fourth-order valence-corrected chi connectivity index (χ4v) is 2.56. The van der Waals surface area contributed by atoms with E-state index >= 15 is 0 Å². The van der Waals surface area contributed by atoms with Gasteiger partial charge in [-0.1, -0.05) is 6.92 Å². The molecule has 0 heterocycles. The van der Waals surface area contributed by atoms with Crippen LogP contribution in [0.15, 0.2) is 23.1 Å². The van der Waals surface area contributed by atoms with E-state index in [-0.39, 0.29) is 17.2 Å². The van der Waals surface area contributed by atoms with Crippen molar-refractivity contribution in [2.75, 3.05) is 19.4 Å². The first-order valence-electron chi connectivity index (χ1n) is 5.52. The monoisotopic (exact) mass is 274 g/mol. The van der Waals surface area contributed by atoms with Crippen molar-refractivity contribution in [1.29, 1.82) is 0 Å². The Morgan fingerprint density at radius 3 is 2.72 bits per heavy atom. The number of hydrogen-bond donors (Lipinski definition) is 3. The Bertz CT molecular complexity index is 502. The van der Waals surface area contributed by atoms with Crippen molar-refractivity contribution in [2.24, 2.45) is 0 Å². The summed E-state index contributed by atoms with van der Waals surface area (Å²) in [6, 6.07) is 4.28. The summed E-state index contributed by atoms with van der Waals surface area (Å²) in [5.41, 5.74) is 5.97. The zero-order chi connectivity index (χ0) is 13.8. The number of nitrogens with two attached hydrogens (primary N) is 1. The molecule has 0 aliphatic carbocycles. The molecule has 0 aromatic heterocycles. The molecule has 1 atom stereocenters. The minimum absolute atomic E-state index is 0.00232. The number of anilines is 1. The number of nitrogens with one attached hydrogen (secondary N) is 1. The Balaban J connectivity index is 2.98. The molecule has 18 heavy (non-hydrogen) atoms. The fourth-order valence-electron chi connectivity index (χ4n) is 1.33. The molecule has 0 amide bonds. The van der Waals surface area contributed by atoms with E-state index in [9.17, 15) is 13.5 Å². The summed E-state index contributed by atoms with van der Waals surface area (Å²) < 4.78 is 31.3. The number of nitrogen functional groups attached to an aromatic ring is 1. The van der Waals surface area contributed by atoms with Crippen LogP contribution in [0.25, 0.3) is 0 Å². The van der Waals surface area contributed by atoms with Crippen LogP contribution in [0.2, 0.25) is 0 Å². The first-order valence-corrected chi connectivity index (χ1v) is 7.00. The van der Waals surface area contributed by atoms with Crippen molar-refractivity contribution in [3.63, 3.8) is 0 Å². The third-order valence-corrected chi connectivity index (χ3v) is 3.92. The quantitative estimate of drug-likeness (QED) is 0.649. The SMILES string of the molecule is CCC(O)CNS(=O)(=O)c1ccc(N)cc1OC. The molecule has 102 valence electrons. The Morgan fingerprint density at radius 2 is 2.17 bits per heavy atom. The number of rotatable bonds is 6. The van der Waals surface area contributed by atoms with Crippen LogP contribution >= 0.6 is 0 Å². The molecular weight excluding hydrogens is 256 g/mol. The average molecular weight is 274 g/mol. The number of hydrogen-bond acceptors (Lipinski definition) is 5. The van der Waals surface area contributed by atoms with Crippen LogP contribution in [0.4, 0.5) is 5.69 Å². The number of ether oxygens (including phenoxy) is 1. The van der Waals surface area contributed by atoms with Crippen LogP contribution < -0.4 is 15.2 Å². The van der Waals surface area contributed by atoms with Gasteiger partial charge < -0.3 is 15.6 Å². The van der Waals surface area contributed by atoms with Gasteiger partial charge in [0.05, 0.1) is 13.2 Å². The largest absolute Gasteiger partial charge is 0.495 e. The average Bonchev–Trinajstić information content (AvgIpc) is 2.35. The van der Waals surface area contributed by atoms with Gasteiger partial charge in [0.15, 0.2) is 0 Å². The lowest BCUT2D eigenvalue weighted by molar-refractivity contribution is 0.174. The minimum atomic E-state index is -3.72. The van der Waals surface area contributed by atoms with Crippen molar-refractivity contribution < 1.29 is 18.3 Å². The molecule has 0 aliphatic rings. The summed E-state index contributed by atoms with van der Waals surface area (Å²) in [5.74, 6) is 0.175. The highest BCUT2D eigenvalue weighted by atomic mass is 32.2. The first-order chi connectivity index (χ1) is 8.40. The van der Waals surface area contributed by atoms with Crippen molar-refractivity contribution in [3.05, 3.63) is 18.2 Å². The van der Waals surface area contributed by atoms with Gasteiger partial charge in [-0.2, -0.15) is 0 Å². The van der Waals surface area contributed by atoms with Crippen LogP contribution in [0, 0.1) is 0 Å². The predicted octanol–water partition coefficient (Wildman–Crippen LogP) is 0.327. The van der Waals surface area contributed by atoms with Crippen LogP contribution in [0.1, 0.15) is 13.3 Å². The molecule has 7 heteroatoms. The molecule has 0 fully saturated rings. The molecule has 0 saturated carbocycles. The maximum Gasteiger partial charge on any atom is 0.244 e. The summed E-state index contributed by atoms with van der Waals surface area (Å²) in [6.45, 7) is 1.73. The second-order valence-electron chi connectivity index (χ2n) is 3.82. The second-order valence-corrected chi connectivity index (χ2v) is 5.56. The van der Waals surface area contributed by atoms with Crippen molar-refractivity contribution in [3.8, 4) is 5.75 Å². The van der Waals surface area contributed by atoms with Crippen LogP contribution in [-0.2, 0) is 10.0 Å². The molecule has 1 aromatic rings. The highest BCUT2D eigenvalue weighted by Crippen LogP contribution is 2.25. The summed E-state index contributed by atoms with van der Waals surface area (Å²) in [7, 11) is -2.35. The number of aliphatic hydroxyl groups is 1. The fraction of sp³-hybridized carbons (Fsp3) is 0.455. The zero-order valence-corrected chi connectivity index (χ0v) is 11.2. The van der Waals surface area contributed by atoms with E-state index in [1.807, 2.05) is 0 Å². The molecule has 0 spiro atoms. The lowest BCUT2D eigenvalue weighted by atomic mass is 10.3. The Morgan fingerprint density at radius 1 is 1.50 bits per heavy atom. The van der Waals surface area contributed by atoms with Crippen molar-refractivity contribution in [1.82, 2.24) is 4.72 Å². The molecule has 0 radical (unpaired) electrons.